The van der Waals surface area contributed by atoms with Gasteiger partial charge in [0.2, 0.25) is 0 Å². The minimum atomic E-state index is -0.915. The van der Waals surface area contributed by atoms with Crippen molar-refractivity contribution in [3.63, 3.8) is 0 Å². The molecule has 32 heavy (non-hydrogen) atoms. The number of carbonyl (C=O) groups is 3. The molecule has 1 atom stereocenters. The van der Waals surface area contributed by atoms with E-state index in [0.717, 1.165) is 11.1 Å². The van der Waals surface area contributed by atoms with Crippen LogP contribution in [0.2, 0.25) is 0 Å². The minimum absolute atomic E-state index is 0.107. The number of nitrogens with zero attached hydrogens (tertiary/aromatic N) is 4. The molecular weight excluding hydrogens is 412 g/mol. The zero-order chi connectivity index (χ0) is 22.9. The van der Waals surface area contributed by atoms with Crippen molar-refractivity contribution in [1.29, 1.82) is 10.5 Å². The normalized spacial score (nSPS) is 14.6. The maximum Gasteiger partial charge on any atom is 0.329 e. The zero-order valence-electron chi connectivity index (χ0n) is 17.4. The van der Waals surface area contributed by atoms with Gasteiger partial charge in [-0.2, -0.15) is 10.5 Å². The Morgan fingerprint density at radius 1 is 1.06 bits per heavy atom. The molecule has 0 radical (unpaired) electrons. The molecule has 164 valence electrons. The number of amides is 2. The van der Waals surface area contributed by atoms with E-state index in [1.165, 1.54) is 22.1 Å². The van der Waals surface area contributed by atoms with Crippen LogP contribution in [0.1, 0.15) is 34.5 Å². The molecule has 1 aliphatic heterocycles. The van der Waals surface area contributed by atoms with Crippen LogP contribution in [0.15, 0.2) is 47.1 Å². The third kappa shape index (κ3) is 5.32. The predicted molar refractivity (Wildman–Crippen MR) is 111 cm³/mol. The molecule has 0 N–H and O–H groups in total. The van der Waals surface area contributed by atoms with Crippen molar-refractivity contribution in [2.24, 2.45) is 0 Å². The van der Waals surface area contributed by atoms with E-state index in [9.17, 15) is 14.4 Å². The topological polar surface area (TPSA) is 128 Å². The molecular formula is C23H22N4O5. The van der Waals surface area contributed by atoms with E-state index in [4.69, 9.17) is 19.7 Å². The molecule has 2 aromatic rings. The standard InChI is InChI=1S/C23H22N4O5/c24-9-4-11-26(12-5-10-25)21(28)16-32-23(30)19-14-17-6-1-2-7-18(17)15-27(19)22(29)20-8-3-13-31-20/h1-3,6-8,13,19H,4-5,11-12,14-16H2/t19-/m0/s1. The number of furan rings is 1. The van der Waals surface area contributed by atoms with Crippen molar-refractivity contribution >= 4 is 17.8 Å². The predicted octanol–water partition coefficient (Wildman–Crippen LogP) is 2.05. The first-order chi connectivity index (χ1) is 15.5. The number of carbonyl (C=O) groups excluding carboxylic acids is 3. The Bertz CT molecular complexity index is 1030. The fraction of sp³-hybridized carbons (Fsp3) is 0.348. The van der Waals surface area contributed by atoms with Crippen LogP contribution in [-0.4, -0.2) is 53.3 Å². The van der Waals surface area contributed by atoms with Gasteiger partial charge >= 0.3 is 5.97 Å². The van der Waals surface area contributed by atoms with Crippen molar-refractivity contribution in [1.82, 2.24) is 9.80 Å². The molecule has 0 unspecified atom stereocenters. The van der Waals surface area contributed by atoms with Crippen molar-refractivity contribution in [2.75, 3.05) is 19.7 Å². The second kappa shape index (κ2) is 10.8. The molecule has 0 bridgehead atoms. The Morgan fingerprint density at radius 3 is 2.38 bits per heavy atom. The lowest BCUT2D eigenvalue weighted by Crippen LogP contribution is -2.50. The van der Waals surface area contributed by atoms with Crippen molar-refractivity contribution in [3.8, 4) is 12.1 Å². The summed E-state index contributed by atoms with van der Waals surface area (Å²) in [6.45, 7) is -0.0283. The van der Waals surface area contributed by atoms with Crippen LogP contribution in [-0.2, 0) is 27.3 Å². The summed E-state index contributed by atoms with van der Waals surface area (Å²) in [5.74, 6) is -1.53. The lowest BCUT2D eigenvalue weighted by atomic mass is 9.93. The average Bonchev–Trinajstić information content (AvgIpc) is 3.36. The van der Waals surface area contributed by atoms with Crippen molar-refractivity contribution in [3.05, 3.63) is 59.5 Å². The maximum absolute atomic E-state index is 13.0. The van der Waals surface area contributed by atoms with Gasteiger partial charge in [-0.25, -0.2) is 4.79 Å². The van der Waals surface area contributed by atoms with Crippen LogP contribution >= 0.6 is 0 Å². The molecule has 0 fully saturated rings. The van der Waals surface area contributed by atoms with Gasteiger partial charge in [-0.15, -0.1) is 0 Å². The summed E-state index contributed by atoms with van der Waals surface area (Å²) in [5, 5.41) is 17.5. The lowest BCUT2D eigenvalue weighted by Gasteiger charge is -2.35. The number of esters is 1. The third-order valence-electron chi connectivity index (χ3n) is 5.19. The molecule has 0 saturated carbocycles. The highest BCUT2D eigenvalue weighted by atomic mass is 16.5. The summed E-state index contributed by atoms with van der Waals surface area (Å²) in [7, 11) is 0. The van der Waals surface area contributed by atoms with E-state index in [1.807, 2.05) is 36.4 Å². The number of nitriles is 2. The second-order valence-electron chi connectivity index (χ2n) is 7.20. The summed E-state index contributed by atoms with van der Waals surface area (Å²) in [5.41, 5.74) is 1.85. The second-order valence-corrected chi connectivity index (χ2v) is 7.20. The van der Waals surface area contributed by atoms with E-state index in [0.29, 0.717) is 0 Å². The largest absolute Gasteiger partial charge is 0.459 e. The van der Waals surface area contributed by atoms with Gasteiger partial charge < -0.3 is 19.0 Å². The molecule has 1 aliphatic rings. The summed E-state index contributed by atoms with van der Waals surface area (Å²) in [6.07, 6.45) is 1.85. The molecule has 9 heteroatoms. The molecule has 3 rings (SSSR count). The molecule has 1 aromatic carbocycles. The van der Waals surface area contributed by atoms with Crippen LogP contribution in [0.5, 0.6) is 0 Å². The van der Waals surface area contributed by atoms with E-state index >= 15 is 0 Å². The average molecular weight is 434 g/mol. The number of hydrogen-bond donors (Lipinski definition) is 0. The van der Waals surface area contributed by atoms with Gasteiger partial charge in [0.25, 0.3) is 11.8 Å². The number of benzene rings is 1. The van der Waals surface area contributed by atoms with Crippen LogP contribution in [0.4, 0.5) is 0 Å². The van der Waals surface area contributed by atoms with E-state index in [1.54, 1.807) is 6.07 Å². The van der Waals surface area contributed by atoms with E-state index in [2.05, 4.69) is 0 Å². The summed E-state index contributed by atoms with van der Waals surface area (Å²) < 4.78 is 10.5. The SMILES string of the molecule is N#CCCN(CCC#N)C(=O)COC(=O)[C@@H]1Cc2ccccc2CN1C(=O)c1ccco1. The Labute approximate surface area is 185 Å². The summed E-state index contributed by atoms with van der Waals surface area (Å²) in [6, 6.07) is 13.6. The van der Waals surface area contributed by atoms with Gasteiger partial charge in [-0.3, -0.25) is 9.59 Å². The van der Waals surface area contributed by atoms with Crippen LogP contribution < -0.4 is 0 Å². The molecule has 0 saturated heterocycles. The van der Waals surface area contributed by atoms with Crippen LogP contribution in [0, 0.1) is 22.7 Å². The van der Waals surface area contributed by atoms with Crippen molar-refractivity contribution < 1.29 is 23.5 Å². The first kappa shape index (κ1) is 22.6. The summed E-state index contributed by atoms with van der Waals surface area (Å²) in [4.78, 5) is 41.1. The van der Waals surface area contributed by atoms with Gasteiger partial charge in [-0.05, 0) is 23.3 Å². The smallest absolute Gasteiger partial charge is 0.329 e. The number of ether oxygens (including phenoxy) is 1. The van der Waals surface area contributed by atoms with Gasteiger partial charge in [0.1, 0.15) is 6.04 Å². The number of hydrogen-bond acceptors (Lipinski definition) is 7. The molecule has 9 nitrogen and oxygen atoms in total. The maximum atomic E-state index is 13.0. The summed E-state index contributed by atoms with van der Waals surface area (Å²) >= 11 is 0. The molecule has 0 aliphatic carbocycles. The Hall–Kier alpha value is -4.11. The minimum Gasteiger partial charge on any atom is -0.459 e. The van der Waals surface area contributed by atoms with E-state index in [-0.39, 0.29) is 44.7 Å². The third-order valence-corrected chi connectivity index (χ3v) is 5.19. The van der Waals surface area contributed by atoms with Gasteiger partial charge in [0, 0.05) is 26.1 Å². The first-order valence-corrected chi connectivity index (χ1v) is 10.1. The number of rotatable bonds is 8. The monoisotopic (exact) mass is 434 g/mol. The molecule has 0 spiro atoms. The van der Waals surface area contributed by atoms with E-state index < -0.39 is 30.4 Å². The highest BCUT2D eigenvalue weighted by Crippen LogP contribution is 2.26. The number of fused-ring (bicyclic) bond motifs is 1. The lowest BCUT2D eigenvalue weighted by molar-refractivity contribution is -0.156. The Morgan fingerprint density at radius 2 is 1.75 bits per heavy atom. The highest BCUT2D eigenvalue weighted by Gasteiger charge is 2.37. The zero-order valence-corrected chi connectivity index (χ0v) is 17.4. The van der Waals surface area contributed by atoms with Gasteiger partial charge in [-0.1, -0.05) is 24.3 Å². The highest BCUT2D eigenvalue weighted by molar-refractivity contribution is 5.95. The first-order valence-electron chi connectivity index (χ1n) is 10.1. The Kier molecular flexibility index (Phi) is 7.60. The Balaban J connectivity index is 1.72. The molecule has 1 aromatic heterocycles. The van der Waals surface area contributed by atoms with Gasteiger partial charge in [0.15, 0.2) is 12.4 Å². The van der Waals surface area contributed by atoms with Crippen LogP contribution in [0.25, 0.3) is 0 Å². The fourth-order valence-corrected chi connectivity index (χ4v) is 3.54. The fourth-order valence-electron chi connectivity index (χ4n) is 3.54. The van der Waals surface area contributed by atoms with Crippen molar-refractivity contribution in [2.45, 2.75) is 31.8 Å². The quantitative estimate of drug-likeness (QED) is 0.582. The molecule has 2 heterocycles. The van der Waals surface area contributed by atoms with Crippen LogP contribution in [0.3, 0.4) is 0 Å². The molecule has 2 amide bonds. The van der Waals surface area contributed by atoms with Gasteiger partial charge in [0.05, 0.1) is 31.2 Å².